The number of rotatable bonds is 8. The maximum atomic E-state index is 13.3. The second-order valence-electron chi connectivity index (χ2n) is 5.31. The average Bonchev–Trinajstić information content (AvgIpc) is 3.09. The molecule has 0 bridgehead atoms. The van der Waals surface area contributed by atoms with Crippen molar-refractivity contribution in [2.45, 2.75) is 11.9 Å². The van der Waals surface area contributed by atoms with Gasteiger partial charge in [0.25, 0.3) is 0 Å². The summed E-state index contributed by atoms with van der Waals surface area (Å²) >= 11 is 3.00. The van der Waals surface area contributed by atoms with Gasteiger partial charge in [-0.1, -0.05) is 0 Å². The van der Waals surface area contributed by atoms with Crippen molar-refractivity contribution >= 4 is 43.2 Å². The van der Waals surface area contributed by atoms with Crippen molar-refractivity contribution in [3.05, 3.63) is 34.2 Å². The Morgan fingerprint density at radius 1 is 1.34 bits per heavy atom. The molecule has 1 atom stereocenters. The smallest absolute Gasteiger partial charge is 0.365 e. The van der Waals surface area contributed by atoms with E-state index in [0.717, 1.165) is 6.07 Å². The number of halogens is 5. The van der Waals surface area contributed by atoms with E-state index in [-0.39, 0.29) is 47.0 Å². The van der Waals surface area contributed by atoms with Crippen LogP contribution in [0.4, 0.5) is 29.1 Å². The third-order valence-electron chi connectivity index (χ3n) is 3.24. The minimum Gasteiger partial charge on any atom is -0.365 e. The van der Waals surface area contributed by atoms with Gasteiger partial charge in [0, 0.05) is 13.1 Å². The van der Waals surface area contributed by atoms with Crippen LogP contribution in [0.15, 0.2) is 32.3 Å². The highest BCUT2D eigenvalue weighted by Gasteiger charge is 2.41. The molecule has 0 saturated heterocycles. The van der Waals surface area contributed by atoms with E-state index in [1.807, 2.05) is 0 Å². The predicted octanol–water partition coefficient (Wildman–Crippen LogP) is 2.90. The number of alkyl halides is 3. The zero-order chi connectivity index (χ0) is 21.7. The van der Waals surface area contributed by atoms with Gasteiger partial charge in [0.1, 0.15) is 5.82 Å². The molecule has 0 aliphatic rings. The fourth-order valence-corrected chi connectivity index (χ4v) is 2.83. The number of aliphatic imine (C=N–C) groups is 1. The first-order valence-corrected chi connectivity index (χ1v) is 10.0. The number of hydrogen-bond acceptors (Lipinski definition) is 8. The Morgan fingerprint density at radius 3 is 2.69 bits per heavy atom. The lowest BCUT2D eigenvalue weighted by Gasteiger charge is -2.12. The lowest BCUT2D eigenvalue weighted by Crippen LogP contribution is -2.36. The highest BCUT2D eigenvalue weighted by Crippen LogP contribution is 2.23. The molecule has 1 heterocycles. The van der Waals surface area contributed by atoms with E-state index >= 15 is 0 Å². The molecule has 0 amide bonds. The number of nitrogens with zero attached hydrogens (tertiary/aromatic N) is 3. The van der Waals surface area contributed by atoms with Crippen LogP contribution in [0.25, 0.3) is 0 Å². The summed E-state index contributed by atoms with van der Waals surface area (Å²) in [7, 11) is -4.92. The van der Waals surface area contributed by atoms with E-state index in [0.29, 0.717) is 0 Å². The van der Waals surface area contributed by atoms with Crippen molar-refractivity contribution in [3.63, 3.8) is 0 Å². The van der Waals surface area contributed by atoms with Crippen LogP contribution in [0.2, 0.25) is 0 Å². The van der Waals surface area contributed by atoms with Gasteiger partial charge in [0.15, 0.2) is 11.5 Å². The summed E-state index contributed by atoms with van der Waals surface area (Å²) in [6, 6.07) is 3.83. The van der Waals surface area contributed by atoms with Crippen LogP contribution in [-0.2, 0) is 9.92 Å². The standard InChI is InChI=1S/C13H14BrF4N7O3S/c14-8-6-7(2-3-9(8)15)22-12(23-26)10-11(25-28-24-10)20-4-1-5-21-29(19,27)13(16,17)18/h2-3,6,26H,1,4-5H2,(H,20,25)(H,22,23)(H2,19,21,27). The Kier molecular flexibility index (Phi) is 7.50. The molecule has 16 heteroatoms. The monoisotopic (exact) mass is 503 g/mol. The molecular weight excluding hydrogens is 490 g/mol. The van der Waals surface area contributed by atoms with Crippen molar-refractivity contribution in [2.75, 3.05) is 18.4 Å². The highest BCUT2D eigenvalue weighted by molar-refractivity contribution is 9.10. The van der Waals surface area contributed by atoms with Gasteiger partial charge in [-0.15, -0.1) is 0 Å². The second-order valence-corrected chi connectivity index (χ2v) is 8.03. The molecule has 1 aromatic heterocycles. The van der Waals surface area contributed by atoms with Crippen molar-refractivity contribution in [3.8, 4) is 0 Å². The number of aromatic nitrogens is 2. The van der Waals surface area contributed by atoms with Crippen LogP contribution in [0, 0.1) is 10.6 Å². The Morgan fingerprint density at radius 2 is 2.07 bits per heavy atom. The second kappa shape index (κ2) is 9.47. The van der Waals surface area contributed by atoms with Gasteiger partial charge in [0.2, 0.25) is 15.7 Å². The van der Waals surface area contributed by atoms with E-state index < -0.39 is 21.2 Å². The molecule has 2 aromatic rings. The van der Waals surface area contributed by atoms with E-state index in [1.165, 1.54) is 12.1 Å². The lowest BCUT2D eigenvalue weighted by atomic mass is 10.3. The molecule has 29 heavy (non-hydrogen) atoms. The first-order valence-electron chi connectivity index (χ1n) is 7.65. The van der Waals surface area contributed by atoms with Gasteiger partial charge in [-0.05, 0) is 50.9 Å². The zero-order valence-electron chi connectivity index (χ0n) is 14.3. The normalized spacial score (nSPS) is 14.5. The number of benzene rings is 1. The number of anilines is 1. The summed E-state index contributed by atoms with van der Waals surface area (Å²) in [6.07, 6.45) is 0.0438. The summed E-state index contributed by atoms with van der Waals surface area (Å²) in [5.41, 5.74) is -3.17. The summed E-state index contributed by atoms with van der Waals surface area (Å²) in [6.45, 7) is -0.319. The van der Waals surface area contributed by atoms with Gasteiger partial charge in [-0.3, -0.25) is 10.7 Å². The average molecular weight is 504 g/mol. The Labute approximate surface area is 169 Å². The van der Waals surface area contributed by atoms with Crippen molar-refractivity contribution < 1.29 is 31.6 Å². The van der Waals surface area contributed by atoms with Crippen LogP contribution in [0.5, 0.6) is 0 Å². The van der Waals surface area contributed by atoms with Crippen LogP contribution >= 0.6 is 15.9 Å². The van der Waals surface area contributed by atoms with Gasteiger partial charge in [0.05, 0.1) is 10.2 Å². The number of hydroxylamine groups is 1. The van der Waals surface area contributed by atoms with Crippen LogP contribution in [0.1, 0.15) is 12.1 Å². The quantitative estimate of drug-likeness (QED) is 0.122. The third-order valence-corrected chi connectivity index (χ3v) is 5.11. The van der Waals surface area contributed by atoms with E-state index in [9.17, 15) is 27.0 Å². The maximum absolute atomic E-state index is 13.3. The predicted molar refractivity (Wildman–Crippen MR) is 97.5 cm³/mol. The molecule has 10 nitrogen and oxygen atoms in total. The first-order chi connectivity index (χ1) is 13.5. The van der Waals surface area contributed by atoms with E-state index in [4.69, 9.17) is 4.78 Å². The summed E-state index contributed by atoms with van der Waals surface area (Å²) in [5.74, 6) is -0.700. The van der Waals surface area contributed by atoms with Crippen LogP contribution in [0.3, 0.4) is 0 Å². The molecule has 0 aliphatic carbocycles. The molecule has 0 spiro atoms. The summed E-state index contributed by atoms with van der Waals surface area (Å²) in [4.78, 5) is 4.04. The minimum atomic E-state index is -5.17. The number of amidine groups is 1. The largest absolute Gasteiger partial charge is 0.492 e. The first kappa shape index (κ1) is 23.0. The van der Waals surface area contributed by atoms with Crippen molar-refractivity contribution in [1.82, 2.24) is 20.5 Å². The maximum Gasteiger partial charge on any atom is 0.492 e. The van der Waals surface area contributed by atoms with E-state index in [2.05, 4.69) is 41.2 Å². The Bertz CT molecular complexity index is 981. The van der Waals surface area contributed by atoms with Gasteiger partial charge < -0.3 is 5.32 Å². The van der Waals surface area contributed by atoms with Crippen molar-refractivity contribution in [2.24, 2.45) is 4.99 Å². The van der Waals surface area contributed by atoms with Gasteiger partial charge in [-0.2, -0.15) is 13.2 Å². The molecule has 0 saturated carbocycles. The summed E-state index contributed by atoms with van der Waals surface area (Å²) in [5, 5.41) is 19.1. The van der Waals surface area contributed by atoms with Crippen LogP contribution in [-0.4, -0.2) is 44.2 Å². The molecule has 160 valence electrons. The molecule has 2 rings (SSSR count). The zero-order valence-corrected chi connectivity index (χ0v) is 16.7. The molecule has 1 unspecified atom stereocenters. The number of hydrogen-bond donors (Lipinski definition) is 5. The molecule has 5 N–H and O–H groups in total. The molecule has 0 fully saturated rings. The minimum absolute atomic E-state index is 0.00825. The fourth-order valence-electron chi connectivity index (χ4n) is 1.87. The molecule has 0 radical (unpaired) electrons. The fraction of sp³-hybridized carbons (Fsp3) is 0.308. The SMILES string of the molecule is N=S(=O)(NCCCNc1nonc1C(=Nc1ccc(F)c(Br)c1)NO)C(F)(F)F. The topological polar surface area (TPSA) is 149 Å². The Hall–Kier alpha value is -2.30. The van der Waals surface area contributed by atoms with Crippen LogP contribution < -0.4 is 15.5 Å². The van der Waals surface area contributed by atoms with Gasteiger partial charge in [-0.25, -0.2) is 27.7 Å². The highest BCUT2D eigenvalue weighted by atomic mass is 79.9. The molecule has 0 aliphatic heterocycles. The third kappa shape index (κ3) is 6.09. The van der Waals surface area contributed by atoms with Crippen molar-refractivity contribution in [1.29, 1.82) is 4.78 Å². The molecule has 1 aromatic carbocycles. The van der Waals surface area contributed by atoms with Gasteiger partial charge >= 0.3 is 5.51 Å². The lowest BCUT2D eigenvalue weighted by molar-refractivity contribution is -0.0417. The Balaban J connectivity index is 2.00. The molecular formula is C13H14BrF4N7O3S. The van der Waals surface area contributed by atoms with E-state index in [1.54, 1.807) is 10.2 Å². The number of nitrogens with one attached hydrogen (secondary N) is 4. The summed E-state index contributed by atoms with van der Waals surface area (Å²) < 4.78 is 74.5.